The summed E-state index contributed by atoms with van der Waals surface area (Å²) in [6.07, 6.45) is 1.99. The summed E-state index contributed by atoms with van der Waals surface area (Å²) >= 11 is 0. The van der Waals surface area contributed by atoms with Gasteiger partial charge in [0.1, 0.15) is 18.7 Å². The van der Waals surface area contributed by atoms with Gasteiger partial charge in [-0.05, 0) is 49.3 Å². The average Bonchev–Trinajstić information content (AvgIpc) is 3.44. The lowest BCUT2D eigenvalue weighted by molar-refractivity contribution is -0.143. The molecular weight excluding hydrogens is 616 g/mol. The lowest BCUT2D eigenvalue weighted by Crippen LogP contribution is -2.56. The highest BCUT2D eigenvalue weighted by Gasteiger charge is 2.35. The zero-order chi connectivity index (χ0) is 33.7. The number of alkyl carbamates (subject to hydrolysis) is 1. The fourth-order valence-electron chi connectivity index (χ4n) is 4.85. The van der Waals surface area contributed by atoms with Crippen LogP contribution in [0.5, 0.6) is 0 Å². The molecule has 0 aliphatic heterocycles. The molecule has 2 aromatic rings. The van der Waals surface area contributed by atoms with E-state index >= 15 is 0 Å². The average molecular weight is 657 g/mol. The van der Waals surface area contributed by atoms with Crippen LogP contribution in [0.15, 0.2) is 66.1 Å². The number of carbonyl (C=O) groups excluding carboxylic acids is 5. The molecular formula is C32H40N4O9S. The molecule has 4 N–H and O–H groups in total. The second kappa shape index (κ2) is 17.1. The SMILES string of the molecule is CCOC(=O)CC(C=CS(C)(=O)=O)NC(=O)CNC(=O)C(NC(=O)C(C)NC(=O)OCc1ccccc1)C1Cc2ccccc2C1. The molecule has 2 aromatic carbocycles. The number of sulfone groups is 1. The Labute approximate surface area is 268 Å². The molecule has 4 amide bonds. The summed E-state index contributed by atoms with van der Waals surface area (Å²) in [4.78, 5) is 63.6. The third-order valence-corrected chi connectivity index (χ3v) is 7.75. The molecule has 0 fully saturated rings. The highest BCUT2D eigenvalue weighted by molar-refractivity contribution is 7.93. The van der Waals surface area contributed by atoms with Crippen LogP contribution in [0.4, 0.5) is 4.79 Å². The highest BCUT2D eigenvalue weighted by atomic mass is 32.2. The molecule has 46 heavy (non-hydrogen) atoms. The summed E-state index contributed by atoms with van der Waals surface area (Å²) in [6, 6.07) is 13.6. The van der Waals surface area contributed by atoms with Crippen molar-refractivity contribution in [1.29, 1.82) is 0 Å². The van der Waals surface area contributed by atoms with Gasteiger partial charge in [-0.15, -0.1) is 0 Å². The quantitative estimate of drug-likeness (QED) is 0.205. The number of rotatable bonds is 15. The first-order chi connectivity index (χ1) is 21.8. The van der Waals surface area contributed by atoms with E-state index in [0.717, 1.165) is 34.4 Å². The summed E-state index contributed by atoms with van der Waals surface area (Å²) in [5, 5.41) is 11.1. The van der Waals surface area contributed by atoms with Crippen molar-refractivity contribution in [3.63, 3.8) is 0 Å². The Morgan fingerprint density at radius 2 is 1.52 bits per heavy atom. The molecule has 13 nitrogen and oxygen atoms in total. The predicted molar refractivity (Wildman–Crippen MR) is 169 cm³/mol. The third-order valence-electron chi connectivity index (χ3n) is 7.09. The molecule has 3 unspecified atom stereocenters. The van der Waals surface area contributed by atoms with Crippen LogP contribution in [0.3, 0.4) is 0 Å². The van der Waals surface area contributed by atoms with Crippen LogP contribution in [0, 0.1) is 5.92 Å². The number of carbonyl (C=O) groups is 5. The van der Waals surface area contributed by atoms with E-state index in [-0.39, 0.29) is 25.6 Å². The van der Waals surface area contributed by atoms with Crippen LogP contribution in [0.25, 0.3) is 0 Å². The maximum absolute atomic E-state index is 13.4. The summed E-state index contributed by atoms with van der Waals surface area (Å²) in [5.74, 6) is -2.94. The molecule has 3 atom stereocenters. The maximum atomic E-state index is 13.4. The van der Waals surface area contributed by atoms with E-state index in [0.29, 0.717) is 12.8 Å². The Balaban J connectivity index is 1.64. The van der Waals surface area contributed by atoms with Gasteiger partial charge in [0, 0.05) is 11.7 Å². The van der Waals surface area contributed by atoms with Gasteiger partial charge in [-0.25, -0.2) is 13.2 Å². The number of fused-ring (bicyclic) bond motifs is 1. The van der Waals surface area contributed by atoms with Gasteiger partial charge in [0.05, 0.1) is 25.6 Å². The van der Waals surface area contributed by atoms with Gasteiger partial charge >= 0.3 is 12.1 Å². The minimum atomic E-state index is -3.54. The van der Waals surface area contributed by atoms with Crippen LogP contribution in [0.1, 0.15) is 37.0 Å². The topological polar surface area (TPSA) is 186 Å². The predicted octanol–water partition coefficient (Wildman–Crippen LogP) is 1.31. The molecule has 0 spiro atoms. The highest BCUT2D eigenvalue weighted by Crippen LogP contribution is 2.29. The first-order valence-electron chi connectivity index (χ1n) is 14.8. The Bertz CT molecular complexity index is 1500. The van der Waals surface area contributed by atoms with E-state index in [9.17, 15) is 32.4 Å². The monoisotopic (exact) mass is 656 g/mol. The van der Waals surface area contributed by atoms with E-state index in [4.69, 9.17) is 9.47 Å². The van der Waals surface area contributed by atoms with E-state index in [1.807, 2.05) is 30.3 Å². The largest absolute Gasteiger partial charge is 0.466 e. The zero-order valence-electron chi connectivity index (χ0n) is 26.0. The minimum absolute atomic E-state index is 0.0130. The lowest BCUT2D eigenvalue weighted by atomic mass is 9.95. The molecule has 0 saturated carbocycles. The van der Waals surface area contributed by atoms with Gasteiger partial charge in [0.15, 0.2) is 9.84 Å². The molecule has 3 rings (SSSR count). The van der Waals surface area contributed by atoms with Crippen molar-refractivity contribution in [2.45, 2.75) is 57.8 Å². The fourth-order valence-corrected chi connectivity index (χ4v) is 5.33. The van der Waals surface area contributed by atoms with Crippen LogP contribution < -0.4 is 21.3 Å². The standard InChI is InChI=1S/C32H40N4O9S/c1-4-44-28(38)18-26(14-15-46(3,42)43)35-27(37)19-33-31(40)29(25-16-23-12-8-9-13-24(23)17-25)36-30(39)21(2)34-32(41)45-20-22-10-6-5-7-11-22/h5-15,21,25-26,29H,4,16-20H2,1-3H3,(H,33,40)(H,34,41)(H,35,37)(H,36,39). The van der Waals surface area contributed by atoms with Crippen LogP contribution in [-0.2, 0) is 57.9 Å². The van der Waals surface area contributed by atoms with E-state index in [1.165, 1.54) is 6.92 Å². The molecule has 0 bridgehead atoms. The second-order valence-electron chi connectivity index (χ2n) is 10.9. The number of hydrogen-bond acceptors (Lipinski definition) is 9. The first-order valence-corrected chi connectivity index (χ1v) is 16.8. The maximum Gasteiger partial charge on any atom is 0.408 e. The van der Waals surface area contributed by atoms with Crippen molar-refractivity contribution in [2.24, 2.45) is 5.92 Å². The summed E-state index contributed by atoms with van der Waals surface area (Å²) < 4.78 is 33.2. The molecule has 1 aliphatic carbocycles. The normalized spacial score (nSPS) is 14.8. The first kappa shape index (κ1) is 35.8. The molecule has 0 heterocycles. The number of esters is 1. The second-order valence-corrected chi connectivity index (χ2v) is 12.8. The molecule has 0 radical (unpaired) electrons. The Hall–Kier alpha value is -4.72. The molecule has 1 aliphatic rings. The van der Waals surface area contributed by atoms with Gasteiger partial charge < -0.3 is 30.7 Å². The van der Waals surface area contributed by atoms with Crippen molar-refractivity contribution in [1.82, 2.24) is 21.3 Å². The van der Waals surface area contributed by atoms with E-state index in [1.54, 1.807) is 31.2 Å². The molecule has 0 saturated heterocycles. The Morgan fingerprint density at radius 3 is 2.13 bits per heavy atom. The zero-order valence-corrected chi connectivity index (χ0v) is 26.8. The number of ether oxygens (including phenoxy) is 2. The Morgan fingerprint density at radius 1 is 0.891 bits per heavy atom. The van der Waals surface area contributed by atoms with Gasteiger partial charge in [-0.1, -0.05) is 60.7 Å². The molecule has 0 aromatic heterocycles. The van der Waals surface area contributed by atoms with Crippen LogP contribution >= 0.6 is 0 Å². The number of nitrogens with one attached hydrogen (secondary N) is 4. The smallest absolute Gasteiger partial charge is 0.408 e. The van der Waals surface area contributed by atoms with E-state index in [2.05, 4.69) is 21.3 Å². The molecule has 248 valence electrons. The number of hydrogen-bond donors (Lipinski definition) is 4. The van der Waals surface area contributed by atoms with E-state index < -0.39 is 64.3 Å². The summed E-state index contributed by atoms with van der Waals surface area (Å²) in [6.45, 7) is 2.67. The van der Waals surface area contributed by atoms with Gasteiger partial charge in [0.2, 0.25) is 17.7 Å². The fraction of sp³-hybridized carbons (Fsp3) is 0.406. The number of amides is 4. The third kappa shape index (κ3) is 12.0. The van der Waals surface area contributed by atoms with Crippen molar-refractivity contribution < 1.29 is 41.9 Å². The lowest BCUT2D eigenvalue weighted by Gasteiger charge is -2.26. The molecule has 14 heteroatoms. The van der Waals surface area contributed by atoms with Gasteiger partial charge in [-0.3, -0.25) is 19.2 Å². The minimum Gasteiger partial charge on any atom is -0.466 e. The van der Waals surface area contributed by atoms with Crippen molar-refractivity contribution in [2.75, 3.05) is 19.4 Å². The van der Waals surface area contributed by atoms with Crippen molar-refractivity contribution in [3.8, 4) is 0 Å². The summed E-state index contributed by atoms with van der Waals surface area (Å²) in [7, 11) is -3.54. The van der Waals surface area contributed by atoms with Crippen LogP contribution in [-0.4, -0.2) is 75.7 Å². The Kier molecular flexibility index (Phi) is 13.3. The van der Waals surface area contributed by atoms with Crippen molar-refractivity contribution in [3.05, 3.63) is 82.8 Å². The van der Waals surface area contributed by atoms with Crippen LogP contribution in [0.2, 0.25) is 0 Å². The van der Waals surface area contributed by atoms with Crippen molar-refractivity contribution >= 4 is 39.6 Å². The van der Waals surface area contributed by atoms with Gasteiger partial charge in [-0.2, -0.15) is 0 Å². The van der Waals surface area contributed by atoms with Gasteiger partial charge in [0.25, 0.3) is 0 Å². The number of benzene rings is 2. The summed E-state index contributed by atoms with van der Waals surface area (Å²) in [5.41, 5.74) is 2.84.